The summed E-state index contributed by atoms with van der Waals surface area (Å²) in [6.07, 6.45) is 4.47. The lowest BCUT2D eigenvalue weighted by molar-refractivity contribution is 0.0596. The predicted molar refractivity (Wildman–Crippen MR) is 77.1 cm³/mol. The molecule has 1 heterocycles. The van der Waals surface area contributed by atoms with E-state index in [-0.39, 0.29) is 11.8 Å². The number of ether oxygens (including phenoxy) is 3. The topological polar surface area (TPSA) is 31.0 Å². The van der Waals surface area contributed by atoms with Gasteiger partial charge >= 0.3 is 0 Å². The minimum Gasteiger partial charge on any atom is -0.385 e. The second kappa shape index (κ2) is 7.15. The third-order valence-electron chi connectivity index (χ3n) is 3.92. The Kier molecular flexibility index (Phi) is 6.07. The molecule has 1 saturated heterocycles. The number of alkyl halides is 3. The van der Waals surface area contributed by atoms with E-state index in [1.54, 1.807) is 7.11 Å². The van der Waals surface area contributed by atoms with Crippen LogP contribution in [-0.4, -0.2) is 42.9 Å². The van der Waals surface area contributed by atoms with Crippen molar-refractivity contribution in [1.29, 1.82) is 0 Å². The van der Waals surface area contributed by atoms with E-state index in [0.717, 1.165) is 38.9 Å². The maximum atomic E-state index is 6.08. The number of hydrogen-bond acceptors (Lipinski definition) is 3. The first-order chi connectivity index (χ1) is 9.02. The number of hydrogen-bond donors (Lipinski definition) is 0. The van der Waals surface area contributed by atoms with Crippen LogP contribution in [0, 0.1) is 11.8 Å². The van der Waals surface area contributed by atoms with E-state index in [1.807, 2.05) is 0 Å². The zero-order valence-corrected chi connectivity index (χ0v) is 13.4. The molecule has 4 unspecified atom stereocenters. The largest absolute Gasteiger partial charge is 0.385 e. The van der Waals surface area contributed by atoms with Crippen molar-refractivity contribution >= 4 is 34.8 Å². The van der Waals surface area contributed by atoms with E-state index in [9.17, 15) is 0 Å². The molecular weight excluding hydrogens is 310 g/mol. The Hall–Kier alpha value is 0.750. The van der Waals surface area contributed by atoms with E-state index in [4.69, 9.17) is 49.0 Å². The molecule has 19 heavy (non-hydrogen) atoms. The summed E-state index contributed by atoms with van der Waals surface area (Å²) in [5.41, 5.74) is 0. The standard InChI is InChI=1S/C13H21Cl3O3/c1-17-4-2-3-5-18-8-9-6-11-12(19-11)7-10(9)13(14,15)16/h9-12H,2-8H2,1H3. The molecule has 0 amide bonds. The lowest BCUT2D eigenvalue weighted by Crippen LogP contribution is -2.36. The molecule has 4 atom stereocenters. The van der Waals surface area contributed by atoms with Gasteiger partial charge in [0.05, 0.1) is 12.2 Å². The highest BCUT2D eigenvalue weighted by atomic mass is 35.6. The first-order valence-corrected chi connectivity index (χ1v) is 7.94. The second-order valence-electron chi connectivity index (χ2n) is 5.37. The molecule has 3 nitrogen and oxygen atoms in total. The normalized spacial score (nSPS) is 34.1. The van der Waals surface area contributed by atoms with Gasteiger partial charge in [-0.1, -0.05) is 34.8 Å². The number of fused-ring (bicyclic) bond motifs is 1. The van der Waals surface area contributed by atoms with Gasteiger partial charge < -0.3 is 14.2 Å². The Morgan fingerprint density at radius 2 is 1.79 bits per heavy atom. The van der Waals surface area contributed by atoms with Crippen LogP contribution in [0.3, 0.4) is 0 Å². The van der Waals surface area contributed by atoms with Gasteiger partial charge in [-0.15, -0.1) is 0 Å². The molecule has 2 fully saturated rings. The summed E-state index contributed by atoms with van der Waals surface area (Å²) in [5, 5.41) is 0. The van der Waals surface area contributed by atoms with E-state index < -0.39 is 3.79 Å². The van der Waals surface area contributed by atoms with Crippen molar-refractivity contribution in [2.75, 3.05) is 26.9 Å². The number of epoxide rings is 1. The van der Waals surface area contributed by atoms with Crippen molar-refractivity contribution in [2.24, 2.45) is 11.8 Å². The quantitative estimate of drug-likeness (QED) is 0.406. The lowest BCUT2D eigenvalue weighted by atomic mass is 9.80. The fraction of sp³-hybridized carbons (Fsp3) is 1.00. The Balaban J connectivity index is 1.70. The number of rotatable bonds is 7. The molecule has 0 spiro atoms. The van der Waals surface area contributed by atoms with Crippen LogP contribution in [0.5, 0.6) is 0 Å². The third kappa shape index (κ3) is 4.90. The molecule has 0 aromatic rings. The second-order valence-corrected chi connectivity index (χ2v) is 7.74. The summed E-state index contributed by atoms with van der Waals surface area (Å²) in [7, 11) is 1.71. The summed E-state index contributed by atoms with van der Waals surface area (Å²) in [6, 6.07) is 0. The van der Waals surface area contributed by atoms with E-state index in [2.05, 4.69) is 0 Å². The van der Waals surface area contributed by atoms with Gasteiger partial charge in [-0.25, -0.2) is 0 Å². The van der Waals surface area contributed by atoms with Crippen molar-refractivity contribution in [3.8, 4) is 0 Å². The van der Waals surface area contributed by atoms with Crippen LogP contribution in [0.15, 0.2) is 0 Å². The van der Waals surface area contributed by atoms with Crippen LogP contribution in [0.1, 0.15) is 25.7 Å². The van der Waals surface area contributed by atoms with E-state index in [1.165, 1.54) is 0 Å². The van der Waals surface area contributed by atoms with Crippen LogP contribution >= 0.6 is 34.8 Å². The molecule has 0 N–H and O–H groups in total. The molecule has 2 rings (SSSR count). The summed E-state index contributed by atoms with van der Waals surface area (Å²) < 4.78 is 15.0. The number of unbranched alkanes of at least 4 members (excludes halogenated alkanes) is 1. The Morgan fingerprint density at radius 3 is 2.47 bits per heavy atom. The SMILES string of the molecule is COCCCCOCC1CC2OC2CC1C(Cl)(Cl)Cl. The first kappa shape index (κ1) is 16.1. The van der Waals surface area contributed by atoms with Crippen molar-refractivity contribution in [3.05, 3.63) is 0 Å². The fourth-order valence-electron chi connectivity index (χ4n) is 2.77. The number of halogens is 3. The van der Waals surface area contributed by atoms with Gasteiger partial charge in [0.2, 0.25) is 0 Å². The predicted octanol–water partition coefficient (Wildman–Crippen LogP) is 3.59. The highest BCUT2D eigenvalue weighted by Gasteiger charge is 2.53. The summed E-state index contributed by atoms with van der Waals surface area (Å²) in [6.45, 7) is 2.17. The minimum absolute atomic E-state index is 0.0280. The van der Waals surface area contributed by atoms with Crippen LogP contribution in [0.2, 0.25) is 0 Å². The van der Waals surface area contributed by atoms with Crippen molar-refractivity contribution in [3.63, 3.8) is 0 Å². The highest BCUT2D eigenvalue weighted by Crippen LogP contribution is 2.51. The molecule has 0 bridgehead atoms. The molecule has 2 aliphatic rings. The molecule has 112 valence electrons. The maximum Gasteiger partial charge on any atom is 0.193 e. The average Bonchev–Trinajstić information content (AvgIpc) is 3.09. The smallest absolute Gasteiger partial charge is 0.193 e. The monoisotopic (exact) mass is 330 g/mol. The summed E-state index contributed by atoms with van der Waals surface area (Å²) in [5.74, 6) is 0.305. The van der Waals surface area contributed by atoms with Crippen LogP contribution in [0.25, 0.3) is 0 Å². The van der Waals surface area contributed by atoms with Gasteiger partial charge in [0.15, 0.2) is 3.79 Å². The van der Waals surface area contributed by atoms with Gasteiger partial charge in [-0.05, 0) is 31.6 Å². The Labute approximate surface area is 129 Å². The molecule has 1 aliphatic carbocycles. The maximum absolute atomic E-state index is 6.08. The average molecular weight is 332 g/mol. The van der Waals surface area contributed by atoms with Crippen LogP contribution < -0.4 is 0 Å². The van der Waals surface area contributed by atoms with Crippen LogP contribution in [0.4, 0.5) is 0 Å². The molecule has 1 saturated carbocycles. The van der Waals surface area contributed by atoms with Crippen LogP contribution in [-0.2, 0) is 14.2 Å². The zero-order chi connectivity index (χ0) is 13.9. The molecule has 0 radical (unpaired) electrons. The van der Waals surface area contributed by atoms with Crippen molar-refractivity contribution < 1.29 is 14.2 Å². The highest BCUT2D eigenvalue weighted by molar-refractivity contribution is 6.67. The Morgan fingerprint density at radius 1 is 1.11 bits per heavy atom. The third-order valence-corrected chi connectivity index (χ3v) is 4.76. The summed E-state index contributed by atoms with van der Waals surface area (Å²) >= 11 is 18.2. The fourth-order valence-corrected chi connectivity index (χ4v) is 3.57. The molecule has 1 aliphatic heterocycles. The minimum atomic E-state index is -1.22. The first-order valence-electron chi connectivity index (χ1n) is 6.81. The molecule has 0 aromatic carbocycles. The molecule has 6 heteroatoms. The Bertz CT molecular complexity index is 283. The summed E-state index contributed by atoms with van der Waals surface area (Å²) in [4.78, 5) is 0. The van der Waals surface area contributed by atoms with Gasteiger partial charge in [-0.3, -0.25) is 0 Å². The van der Waals surface area contributed by atoms with Gasteiger partial charge in [-0.2, -0.15) is 0 Å². The van der Waals surface area contributed by atoms with Crippen molar-refractivity contribution in [2.45, 2.75) is 41.7 Å². The zero-order valence-electron chi connectivity index (χ0n) is 11.1. The molecule has 0 aromatic heterocycles. The van der Waals surface area contributed by atoms with Crippen molar-refractivity contribution in [1.82, 2.24) is 0 Å². The van der Waals surface area contributed by atoms with Gasteiger partial charge in [0.1, 0.15) is 0 Å². The molecular formula is C13H21Cl3O3. The van der Waals surface area contributed by atoms with E-state index in [0.29, 0.717) is 18.8 Å². The van der Waals surface area contributed by atoms with Gasteiger partial charge in [0, 0.05) is 32.8 Å². The van der Waals surface area contributed by atoms with E-state index >= 15 is 0 Å². The number of methoxy groups -OCH3 is 1. The lowest BCUT2D eigenvalue weighted by Gasteiger charge is -2.34. The van der Waals surface area contributed by atoms with Gasteiger partial charge in [0.25, 0.3) is 0 Å².